The summed E-state index contributed by atoms with van der Waals surface area (Å²) in [4.78, 5) is 23.9. The third-order valence-corrected chi connectivity index (χ3v) is 11.1. The topological polar surface area (TPSA) is 92.4 Å². The Labute approximate surface area is 216 Å². The molecule has 0 aromatic heterocycles. The lowest BCUT2D eigenvalue weighted by Gasteiger charge is -2.58. The summed E-state index contributed by atoms with van der Waals surface area (Å²) in [5.74, 6) is 3.10. The van der Waals surface area contributed by atoms with E-state index in [-0.39, 0.29) is 12.0 Å². The molecule has 4 aliphatic rings. The first kappa shape index (κ1) is 25.5. The van der Waals surface area contributed by atoms with Crippen LogP contribution < -0.4 is 11.1 Å². The molecule has 0 saturated heterocycles. The minimum atomic E-state index is -0.463. The summed E-state index contributed by atoms with van der Waals surface area (Å²) >= 11 is 0. The Bertz CT molecular complexity index is 1030. The fourth-order valence-electron chi connectivity index (χ4n) is 9.12. The largest absolute Gasteiger partial charge is 0.393 e. The highest BCUT2D eigenvalue weighted by Crippen LogP contribution is 2.67. The van der Waals surface area contributed by atoms with Gasteiger partial charge in [0.05, 0.1) is 6.10 Å². The van der Waals surface area contributed by atoms with Crippen LogP contribution in [0.1, 0.15) is 95.3 Å². The van der Waals surface area contributed by atoms with E-state index in [2.05, 4.69) is 32.2 Å². The molecular formula is C31H44N2O3. The van der Waals surface area contributed by atoms with Crippen LogP contribution in [0.3, 0.4) is 0 Å². The standard InChI is InChI=1S/C31H44N2O3/c1-19(4-13-28(35)33-22-8-5-20(6-9-22)29(32)36)25-11-12-26-24-10-7-21-18-23(34)14-16-30(21,2)27(24)15-17-31(25,26)3/h5-9,19,23-27,34H,4,10-18H2,1-3H3,(H2,32,36)(H,33,35)/t19?,23-,24-,25+,26-,27-,30-,31+/m0/s1. The lowest BCUT2D eigenvalue weighted by Crippen LogP contribution is -2.50. The van der Waals surface area contributed by atoms with Crippen molar-refractivity contribution in [3.63, 3.8) is 0 Å². The van der Waals surface area contributed by atoms with Gasteiger partial charge in [0.25, 0.3) is 0 Å². The van der Waals surface area contributed by atoms with Gasteiger partial charge in [0.15, 0.2) is 0 Å². The van der Waals surface area contributed by atoms with Crippen molar-refractivity contribution in [3.8, 4) is 0 Å². The van der Waals surface area contributed by atoms with Crippen LogP contribution >= 0.6 is 0 Å². The third kappa shape index (κ3) is 4.42. The molecule has 4 aliphatic carbocycles. The van der Waals surface area contributed by atoms with E-state index < -0.39 is 5.91 Å². The molecule has 3 fully saturated rings. The number of nitrogens with two attached hydrogens (primary N) is 1. The number of aliphatic hydroxyl groups excluding tert-OH is 1. The fourth-order valence-corrected chi connectivity index (χ4v) is 9.12. The number of aliphatic hydroxyl groups is 1. The van der Waals surface area contributed by atoms with E-state index in [0.717, 1.165) is 43.4 Å². The number of carbonyl (C=O) groups is 2. The van der Waals surface area contributed by atoms with Crippen LogP contribution in [0.25, 0.3) is 0 Å². The van der Waals surface area contributed by atoms with Crippen LogP contribution in [0, 0.1) is 40.4 Å². The molecule has 196 valence electrons. The second-order valence-electron chi connectivity index (χ2n) is 12.9. The Morgan fingerprint density at radius 3 is 2.56 bits per heavy atom. The maximum atomic E-state index is 12.7. The van der Waals surface area contributed by atoms with Crippen LogP contribution in [0.15, 0.2) is 35.9 Å². The number of hydrogen-bond donors (Lipinski definition) is 3. The van der Waals surface area contributed by atoms with E-state index in [0.29, 0.717) is 40.3 Å². The van der Waals surface area contributed by atoms with Crippen LogP contribution in [0.5, 0.6) is 0 Å². The molecule has 36 heavy (non-hydrogen) atoms. The SMILES string of the molecule is CC(CCC(=O)Nc1ccc(C(N)=O)cc1)[C@H]1CC[C@H]2[C@@H]3CC=C4C[C@@H](O)CC[C@]4(C)[C@H]3CC[C@]12C. The molecule has 0 radical (unpaired) electrons. The average Bonchev–Trinajstić information content (AvgIpc) is 3.20. The number of carbonyl (C=O) groups excluding carboxylic acids is 2. The second-order valence-corrected chi connectivity index (χ2v) is 12.9. The van der Waals surface area contributed by atoms with Crippen LogP contribution in [-0.4, -0.2) is 23.0 Å². The summed E-state index contributed by atoms with van der Waals surface area (Å²) in [5.41, 5.74) is 8.66. The van der Waals surface area contributed by atoms with Gasteiger partial charge in [-0.05, 0) is 122 Å². The monoisotopic (exact) mass is 492 g/mol. The van der Waals surface area contributed by atoms with Crippen molar-refractivity contribution in [3.05, 3.63) is 41.5 Å². The Morgan fingerprint density at radius 2 is 1.83 bits per heavy atom. The quantitative estimate of drug-likeness (QED) is 0.420. The van der Waals surface area contributed by atoms with Crippen molar-refractivity contribution in [1.29, 1.82) is 0 Å². The molecule has 0 heterocycles. The van der Waals surface area contributed by atoms with Gasteiger partial charge in [-0.3, -0.25) is 9.59 Å². The molecule has 0 aliphatic heterocycles. The van der Waals surface area contributed by atoms with Gasteiger partial charge in [-0.2, -0.15) is 0 Å². The van der Waals surface area contributed by atoms with Gasteiger partial charge in [0.1, 0.15) is 0 Å². The summed E-state index contributed by atoms with van der Waals surface area (Å²) in [5, 5.41) is 13.2. The van der Waals surface area contributed by atoms with Gasteiger partial charge in [-0.15, -0.1) is 0 Å². The molecule has 5 rings (SSSR count). The fraction of sp³-hybridized carbons (Fsp3) is 0.677. The summed E-state index contributed by atoms with van der Waals surface area (Å²) in [6, 6.07) is 6.77. The van der Waals surface area contributed by atoms with Crippen molar-refractivity contribution in [1.82, 2.24) is 0 Å². The Balaban J connectivity index is 1.20. The first-order valence-corrected chi connectivity index (χ1v) is 14.2. The molecular weight excluding hydrogens is 448 g/mol. The number of fused-ring (bicyclic) bond motifs is 5. The van der Waals surface area contributed by atoms with Gasteiger partial charge < -0.3 is 16.2 Å². The number of primary amides is 1. The smallest absolute Gasteiger partial charge is 0.248 e. The molecule has 1 unspecified atom stereocenters. The molecule has 3 saturated carbocycles. The van der Waals surface area contributed by atoms with Crippen LogP contribution in [0.4, 0.5) is 5.69 Å². The second kappa shape index (κ2) is 9.63. The summed E-state index contributed by atoms with van der Waals surface area (Å²) in [6.45, 7) is 7.43. The van der Waals surface area contributed by atoms with E-state index in [4.69, 9.17) is 5.73 Å². The van der Waals surface area contributed by atoms with Crippen LogP contribution in [0.2, 0.25) is 0 Å². The number of allylic oxidation sites excluding steroid dienone is 1. The van der Waals surface area contributed by atoms with E-state index >= 15 is 0 Å². The number of rotatable bonds is 6. The van der Waals surface area contributed by atoms with Crippen molar-refractivity contribution < 1.29 is 14.7 Å². The van der Waals surface area contributed by atoms with E-state index in [1.807, 2.05) is 0 Å². The molecule has 4 N–H and O–H groups in total. The lowest BCUT2D eigenvalue weighted by atomic mass is 9.47. The minimum Gasteiger partial charge on any atom is -0.393 e. The Kier molecular flexibility index (Phi) is 6.82. The van der Waals surface area contributed by atoms with Crippen molar-refractivity contribution >= 4 is 17.5 Å². The number of anilines is 1. The zero-order valence-electron chi connectivity index (χ0n) is 22.3. The number of amides is 2. The highest BCUT2D eigenvalue weighted by molar-refractivity contribution is 5.94. The zero-order valence-corrected chi connectivity index (χ0v) is 22.3. The average molecular weight is 493 g/mol. The van der Waals surface area contributed by atoms with Gasteiger partial charge in [0, 0.05) is 17.7 Å². The molecule has 1 aromatic rings. The van der Waals surface area contributed by atoms with Crippen molar-refractivity contribution in [2.45, 2.75) is 91.1 Å². The van der Waals surface area contributed by atoms with Crippen LogP contribution in [-0.2, 0) is 4.79 Å². The van der Waals surface area contributed by atoms with E-state index in [9.17, 15) is 14.7 Å². The molecule has 5 heteroatoms. The van der Waals surface area contributed by atoms with E-state index in [1.165, 1.54) is 32.1 Å². The van der Waals surface area contributed by atoms with Gasteiger partial charge in [-0.1, -0.05) is 32.4 Å². The molecule has 8 atom stereocenters. The zero-order chi connectivity index (χ0) is 25.7. The maximum absolute atomic E-state index is 12.7. The summed E-state index contributed by atoms with van der Waals surface area (Å²) < 4.78 is 0. The van der Waals surface area contributed by atoms with Gasteiger partial charge in [0.2, 0.25) is 11.8 Å². The first-order chi connectivity index (χ1) is 17.1. The summed E-state index contributed by atoms with van der Waals surface area (Å²) in [7, 11) is 0. The molecule has 0 spiro atoms. The predicted molar refractivity (Wildman–Crippen MR) is 143 cm³/mol. The maximum Gasteiger partial charge on any atom is 0.248 e. The normalized spacial score (nSPS) is 38.2. The summed E-state index contributed by atoms with van der Waals surface area (Å²) in [6.07, 6.45) is 13.2. The number of nitrogens with one attached hydrogen (secondary N) is 1. The molecule has 2 amide bonds. The lowest BCUT2D eigenvalue weighted by molar-refractivity contribution is -0.116. The molecule has 5 nitrogen and oxygen atoms in total. The Hall–Kier alpha value is -2.14. The predicted octanol–water partition coefficient (Wildman–Crippen LogP) is 6.08. The Morgan fingerprint density at radius 1 is 1.08 bits per heavy atom. The molecule has 0 bridgehead atoms. The highest BCUT2D eigenvalue weighted by atomic mass is 16.3. The van der Waals surface area contributed by atoms with Gasteiger partial charge in [-0.25, -0.2) is 0 Å². The first-order valence-electron chi connectivity index (χ1n) is 14.2. The third-order valence-electron chi connectivity index (χ3n) is 11.1. The van der Waals surface area contributed by atoms with Gasteiger partial charge >= 0.3 is 0 Å². The van der Waals surface area contributed by atoms with Crippen molar-refractivity contribution in [2.24, 2.45) is 46.2 Å². The number of benzene rings is 1. The van der Waals surface area contributed by atoms with Crippen molar-refractivity contribution in [2.75, 3.05) is 5.32 Å². The minimum absolute atomic E-state index is 0.0365. The highest BCUT2D eigenvalue weighted by Gasteiger charge is 2.59. The number of hydrogen-bond acceptors (Lipinski definition) is 3. The molecule has 1 aromatic carbocycles. The van der Waals surface area contributed by atoms with E-state index in [1.54, 1.807) is 29.8 Å².